The minimum Gasteiger partial charge on any atom is -0.468 e. The van der Waals surface area contributed by atoms with Crippen LogP contribution in [0.5, 0.6) is 0 Å². The van der Waals surface area contributed by atoms with Gasteiger partial charge in [-0.3, -0.25) is 0 Å². The van der Waals surface area contributed by atoms with Crippen molar-refractivity contribution >= 4 is 0 Å². The summed E-state index contributed by atoms with van der Waals surface area (Å²) in [5.74, 6) is 0.982. The van der Waals surface area contributed by atoms with Crippen LogP contribution in [-0.4, -0.2) is 25.4 Å². The van der Waals surface area contributed by atoms with Gasteiger partial charge in [-0.2, -0.15) is 0 Å². The van der Waals surface area contributed by atoms with E-state index in [-0.39, 0.29) is 0 Å². The molecule has 18 heavy (non-hydrogen) atoms. The Balaban J connectivity index is 1.79. The lowest BCUT2D eigenvalue weighted by atomic mass is 10.1. The van der Waals surface area contributed by atoms with Crippen molar-refractivity contribution < 1.29 is 13.9 Å². The molecule has 1 saturated heterocycles. The van der Waals surface area contributed by atoms with Gasteiger partial charge in [-0.15, -0.1) is 0 Å². The van der Waals surface area contributed by atoms with Gasteiger partial charge in [0.25, 0.3) is 0 Å². The molecule has 2 rings (SSSR count). The SMILES string of the molecule is CC(C)NCc1occc1COC1CCOCC1. The van der Waals surface area contributed by atoms with Crippen molar-refractivity contribution in [3.63, 3.8) is 0 Å². The lowest BCUT2D eigenvalue weighted by molar-refractivity contribution is -0.0394. The van der Waals surface area contributed by atoms with E-state index in [0.717, 1.165) is 43.9 Å². The van der Waals surface area contributed by atoms with Gasteiger partial charge < -0.3 is 19.2 Å². The molecule has 2 heterocycles. The summed E-state index contributed by atoms with van der Waals surface area (Å²) < 4.78 is 16.7. The highest BCUT2D eigenvalue weighted by Crippen LogP contribution is 2.16. The first kappa shape index (κ1) is 13.6. The number of furan rings is 1. The molecule has 0 aliphatic carbocycles. The van der Waals surface area contributed by atoms with Gasteiger partial charge in [0.15, 0.2) is 0 Å². The lowest BCUT2D eigenvalue weighted by Crippen LogP contribution is -2.24. The number of hydrogen-bond donors (Lipinski definition) is 1. The van der Waals surface area contributed by atoms with Crippen molar-refractivity contribution in [1.82, 2.24) is 5.32 Å². The van der Waals surface area contributed by atoms with Crippen LogP contribution in [-0.2, 0) is 22.6 Å². The zero-order valence-corrected chi connectivity index (χ0v) is 11.3. The monoisotopic (exact) mass is 253 g/mol. The summed E-state index contributed by atoms with van der Waals surface area (Å²) in [6, 6.07) is 2.45. The minimum absolute atomic E-state index is 0.333. The Hall–Kier alpha value is -0.840. The standard InChI is InChI=1S/C14H23NO3/c1-11(2)15-9-14-12(3-8-17-14)10-18-13-4-6-16-7-5-13/h3,8,11,13,15H,4-7,9-10H2,1-2H3. The molecule has 0 atom stereocenters. The smallest absolute Gasteiger partial charge is 0.123 e. The third-order valence-electron chi connectivity index (χ3n) is 3.15. The first-order valence-electron chi connectivity index (χ1n) is 6.73. The topological polar surface area (TPSA) is 43.6 Å². The van der Waals surface area contributed by atoms with Crippen LogP contribution >= 0.6 is 0 Å². The summed E-state index contributed by atoms with van der Waals surface area (Å²) in [4.78, 5) is 0. The molecule has 4 nitrogen and oxygen atoms in total. The first-order valence-corrected chi connectivity index (χ1v) is 6.73. The van der Waals surface area contributed by atoms with Crippen molar-refractivity contribution in [2.75, 3.05) is 13.2 Å². The molecule has 4 heteroatoms. The Bertz CT molecular complexity index is 343. The predicted octanol–water partition coefficient (Wildman–Crippen LogP) is 2.47. The van der Waals surface area contributed by atoms with E-state index in [1.807, 2.05) is 6.07 Å². The number of nitrogens with one attached hydrogen (secondary N) is 1. The van der Waals surface area contributed by atoms with Gasteiger partial charge in [-0.1, -0.05) is 13.8 Å². The van der Waals surface area contributed by atoms with Crippen LogP contribution < -0.4 is 5.32 Å². The molecule has 0 bridgehead atoms. The van der Waals surface area contributed by atoms with Gasteiger partial charge >= 0.3 is 0 Å². The summed E-state index contributed by atoms with van der Waals surface area (Å²) in [5.41, 5.74) is 1.15. The van der Waals surface area contributed by atoms with Crippen LogP contribution in [0.15, 0.2) is 16.7 Å². The van der Waals surface area contributed by atoms with Gasteiger partial charge in [0.1, 0.15) is 5.76 Å². The Labute approximate surface area is 109 Å². The van der Waals surface area contributed by atoms with Crippen LogP contribution in [0.1, 0.15) is 38.0 Å². The maximum atomic E-state index is 5.91. The van der Waals surface area contributed by atoms with Gasteiger partial charge in [-0.25, -0.2) is 0 Å². The average Bonchev–Trinajstić information content (AvgIpc) is 2.82. The third-order valence-corrected chi connectivity index (χ3v) is 3.15. The zero-order chi connectivity index (χ0) is 12.8. The summed E-state index contributed by atoms with van der Waals surface area (Å²) in [7, 11) is 0. The van der Waals surface area contributed by atoms with Crippen molar-refractivity contribution in [1.29, 1.82) is 0 Å². The average molecular weight is 253 g/mol. The van der Waals surface area contributed by atoms with Crippen LogP contribution in [0.2, 0.25) is 0 Å². The maximum absolute atomic E-state index is 5.91. The number of ether oxygens (including phenoxy) is 2. The first-order chi connectivity index (χ1) is 8.75. The molecule has 102 valence electrons. The maximum Gasteiger partial charge on any atom is 0.123 e. The largest absolute Gasteiger partial charge is 0.468 e. The zero-order valence-electron chi connectivity index (χ0n) is 11.3. The van der Waals surface area contributed by atoms with Gasteiger partial charge in [-0.05, 0) is 18.9 Å². The molecule has 1 aromatic heterocycles. The highest BCUT2D eigenvalue weighted by Gasteiger charge is 2.15. The molecule has 0 aromatic carbocycles. The fourth-order valence-electron chi connectivity index (χ4n) is 2.00. The second-order valence-corrected chi connectivity index (χ2v) is 5.03. The predicted molar refractivity (Wildman–Crippen MR) is 69.3 cm³/mol. The molecule has 1 aromatic rings. The molecular weight excluding hydrogens is 230 g/mol. The Morgan fingerprint density at radius 3 is 2.89 bits per heavy atom. The molecule has 1 aliphatic heterocycles. The van der Waals surface area contributed by atoms with Crippen molar-refractivity contribution in [2.24, 2.45) is 0 Å². The Morgan fingerprint density at radius 1 is 1.39 bits per heavy atom. The highest BCUT2D eigenvalue weighted by molar-refractivity contribution is 5.15. The highest BCUT2D eigenvalue weighted by atomic mass is 16.5. The second kappa shape index (κ2) is 6.92. The van der Waals surface area contributed by atoms with E-state index in [0.29, 0.717) is 18.8 Å². The third kappa shape index (κ3) is 4.12. The summed E-state index contributed by atoms with van der Waals surface area (Å²) in [5, 5.41) is 3.36. The van der Waals surface area contributed by atoms with Crippen LogP contribution in [0.4, 0.5) is 0 Å². The van der Waals surface area contributed by atoms with E-state index >= 15 is 0 Å². The molecule has 0 amide bonds. The molecule has 1 fully saturated rings. The van der Waals surface area contributed by atoms with Crippen molar-refractivity contribution in [3.8, 4) is 0 Å². The van der Waals surface area contributed by atoms with Crippen LogP contribution in [0.3, 0.4) is 0 Å². The molecular formula is C14H23NO3. The van der Waals surface area contributed by atoms with E-state index < -0.39 is 0 Å². The van der Waals surface area contributed by atoms with Gasteiger partial charge in [0.2, 0.25) is 0 Å². The summed E-state index contributed by atoms with van der Waals surface area (Å²) >= 11 is 0. The van der Waals surface area contributed by atoms with E-state index in [1.54, 1.807) is 6.26 Å². The molecule has 1 N–H and O–H groups in total. The van der Waals surface area contributed by atoms with Crippen molar-refractivity contribution in [2.45, 2.75) is 52.0 Å². The van der Waals surface area contributed by atoms with E-state index in [2.05, 4.69) is 19.2 Å². The molecule has 1 aliphatic rings. The number of rotatable bonds is 6. The molecule has 0 saturated carbocycles. The fraction of sp³-hybridized carbons (Fsp3) is 0.714. The lowest BCUT2D eigenvalue weighted by Gasteiger charge is -2.22. The van der Waals surface area contributed by atoms with Gasteiger partial charge in [0, 0.05) is 24.8 Å². The summed E-state index contributed by atoms with van der Waals surface area (Å²) in [6.07, 6.45) is 4.06. The fourth-order valence-corrected chi connectivity index (χ4v) is 2.00. The molecule has 0 spiro atoms. The quantitative estimate of drug-likeness (QED) is 0.846. The van der Waals surface area contributed by atoms with E-state index in [9.17, 15) is 0 Å². The Morgan fingerprint density at radius 2 is 2.17 bits per heavy atom. The normalized spacial score (nSPS) is 17.5. The second-order valence-electron chi connectivity index (χ2n) is 5.03. The van der Waals surface area contributed by atoms with Crippen molar-refractivity contribution in [3.05, 3.63) is 23.7 Å². The van der Waals surface area contributed by atoms with E-state index in [1.165, 1.54) is 0 Å². The van der Waals surface area contributed by atoms with Crippen LogP contribution in [0, 0.1) is 0 Å². The number of hydrogen-bond acceptors (Lipinski definition) is 4. The molecule has 0 radical (unpaired) electrons. The van der Waals surface area contributed by atoms with E-state index in [4.69, 9.17) is 13.9 Å². The van der Waals surface area contributed by atoms with Gasteiger partial charge in [0.05, 0.1) is 25.5 Å². The van der Waals surface area contributed by atoms with Crippen LogP contribution in [0.25, 0.3) is 0 Å². The minimum atomic E-state index is 0.333. The Kier molecular flexibility index (Phi) is 5.23. The summed E-state index contributed by atoms with van der Waals surface area (Å²) in [6.45, 7) is 7.28. The molecule has 0 unspecified atom stereocenters.